The molecule has 2 aliphatic rings. The van der Waals surface area contributed by atoms with Crippen LogP contribution in [-0.2, 0) is 4.74 Å². The number of hydrogen-bond acceptors (Lipinski definition) is 3. The summed E-state index contributed by atoms with van der Waals surface area (Å²) in [4.78, 5) is 2.34. The van der Waals surface area contributed by atoms with Crippen molar-refractivity contribution >= 4 is 0 Å². The molecule has 3 heteroatoms. The van der Waals surface area contributed by atoms with Gasteiger partial charge in [-0.05, 0) is 19.3 Å². The monoisotopic (exact) mass is 197 g/mol. The summed E-state index contributed by atoms with van der Waals surface area (Å²) in [6.45, 7) is 2.95. The molecule has 1 aliphatic heterocycles. The van der Waals surface area contributed by atoms with Gasteiger partial charge in [0, 0.05) is 19.1 Å². The summed E-state index contributed by atoms with van der Waals surface area (Å²) in [5, 5.41) is 9.60. The Balaban J connectivity index is 1.93. The molecule has 0 aromatic heterocycles. The van der Waals surface area contributed by atoms with Crippen LogP contribution in [0.1, 0.15) is 19.3 Å². The first-order chi connectivity index (χ1) is 6.86. The minimum Gasteiger partial charge on any atom is -0.389 e. The van der Waals surface area contributed by atoms with Crippen LogP contribution in [0.3, 0.4) is 0 Å². The van der Waals surface area contributed by atoms with Crippen molar-refractivity contribution in [3.63, 3.8) is 0 Å². The van der Waals surface area contributed by atoms with Gasteiger partial charge in [0.1, 0.15) is 0 Å². The third-order valence-electron chi connectivity index (χ3n) is 2.98. The summed E-state index contributed by atoms with van der Waals surface area (Å²) in [5.41, 5.74) is 0. The molecule has 3 nitrogen and oxygen atoms in total. The molecule has 80 valence electrons. The molecule has 1 N–H and O–H groups in total. The van der Waals surface area contributed by atoms with E-state index < -0.39 is 0 Å². The molecule has 1 heterocycles. The largest absolute Gasteiger partial charge is 0.389 e. The zero-order chi connectivity index (χ0) is 9.80. The SMILES string of the molecule is OC1COCCN(C2C=CCCC2)C1. The molecule has 0 aromatic rings. The van der Waals surface area contributed by atoms with Gasteiger partial charge < -0.3 is 9.84 Å². The Hall–Kier alpha value is -0.380. The fourth-order valence-corrected chi connectivity index (χ4v) is 2.22. The number of aliphatic hydroxyl groups is 1. The Kier molecular flexibility index (Phi) is 3.56. The first kappa shape index (κ1) is 10.1. The normalized spacial score (nSPS) is 35.5. The Bertz CT molecular complexity index is 205. The maximum atomic E-state index is 9.60. The first-order valence-electron chi connectivity index (χ1n) is 5.53. The second-order valence-corrected chi connectivity index (χ2v) is 4.15. The van der Waals surface area contributed by atoms with Crippen LogP contribution in [0.25, 0.3) is 0 Å². The minimum absolute atomic E-state index is 0.312. The smallest absolute Gasteiger partial charge is 0.0900 e. The molecule has 2 atom stereocenters. The van der Waals surface area contributed by atoms with Crippen molar-refractivity contribution in [2.45, 2.75) is 31.4 Å². The number of hydrogen-bond donors (Lipinski definition) is 1. The number of rotatable bonds is 1. The zero-order valence-corrected chi connectivity index (χ0v) is 8.56. The number of ether oxygens (including phenoxy) is 1. The standard InChI is InChI=1S/C11H19NO2/c13-11-8-12(6-7-14-9-11)10-4-2-1-3-5-10/h2,4,10-11,13H,1,3,5-9H2. The molecule has 1 saturated heterocycles. The van der Waals surface area contributed by atoms with Crippen molar-refractivity contribution in [2.24, 2.45) is 0 Å². The van der Waals surface area contributed by atoms with E-state index in [1.807, 2.05) is 0 Å². The van der Waals surface area contributed by atoms with Gasteiger partial charge in [-0.25, -0.2) is 0 Å². The summed E-state index contributed by atoms with van der Waals surface area (Å²) in [5.74, 6) is 0. The lowest BCUT2D eigenvalue weighted by Gasteiger charge is -2.30. The van der Waals surface area contributed by atoms with Gasteiger partial charge in [-0.3, -0.25) is 4.90 Å². The quantitative estimate of drug-likeness (QED) is 0.631. The van der Waals surface area contributed by atoms with E-state index in [-0.39, 0.29) is 6.10 Å². The van der Waals surface area contributed by atoms with E-state index in [2.05, 4.69) is 17.1 Å². The molecule has 2 rings (SSSR count). The summed E-state index contributed by atoms with van der Waals surface area (Å²) in [6, 6.07) is 0.528. The number of aliphatic hydroxyl groups excluding tert-OH is 1. The third kappa shape index (κ3) is 2.56. The van der Waals surface area contributed by atoms with Crippen molar-refractivity contribution in [2.75, 3.05) is 26.3 Å². The van der Waals surface area contributed by atoms with Gasteiger partial charge in [0.2, 0.25) is 0 Å². The summed E-state index contributed by atoms with van der Waals surface area (Å²) >= 11 is 0. The Labute approximate surface area is 85.4 Å². The van der Waals surface area contributed by atoms with Gasteiger partial charge in [-0.2, -0.15) is 0 Å². The second-order valence-electron chi connectivity index (χ2n) is 4.15. The average molecular weight is 197 g/mol. The van der Waals surface area contributed by atoms with Crippen LogP contribution in [0.15, 0.2) is 12.2 Å². The Morgan fingerprint density at radius 3 is 3.14 bits per heavy atom. The van der Waals surface area contributed by atoms with Crippen LogP contribution in [0.2, 0.25) is 0 Å². The van der Waals surface area contributed by atoms with E-state index in [0.717, 1.165) is 19.7 Å². The van der Waals surface area contributed by atoms with Crippen molar-refractivity contribution in [1.29, 1.82) is 0 Å². The number of nitrogens with zero attached hydrogens (tertiary/aromatic N) is 1. The fraction of sp³-hybridized carbons (Fsp3) is 0.818. The van der Waals surface area contributed by atoms with E-state index in [0.29, 0.717) is 12.6 Å². The fourth-order valence-electron chi connectivity index (χ4n) is 2.22. The highest BCUT2D eigenvalue weighted by atomic mass is 16.5. The molecule has 1 aliphatic carbocycles. The van der Waals surface area contributed by atoms with Gasteiger partial charge in [0.05, 0.1) is 19.3 Å². The molecule has 0 saturated carbocycles. The van der Waals surface area contributed by atoms with Crippen LogP contribution < -0.4 is 0 Å². The number of β-amino-alcohol motifs (C(OH)–C–C–N with tert-alkyl or cyclic N) is 1. The highest BCUT2D eigenvalue weighted by molar-refractivity contribution is 4.99. The van der Waals surface area contributed by atoms with E-state index in [1.54, 1.807) is 0 Å². The Morgan fingerprint density at radius 1 is 1.43 bits per heavy atom. The maximum Gasteiger partial charge on any atom is 0.0900 e. The lowest BCUT2D eigenvalue weighted by Crippen LogP contribution is -2.40. The molecular formula is C11H19NO2. The van der Waals surface area contributed by atoms with E-state index >= 15 is 0 Å². The van der Waals surface area contributed by atoms with Crippen molar-refractivity contribution in [3.05, 3.63) is 12.2 Å². The molecule has 0 bridgehead atoms. The molecule has 0 aromatic carbocycles. The molecule has 0 amide bonds. The zero-order valence-electron chi connectivity index (χ0n) is 8.56. The number of allylic oxidation sites excluding steroid dienone is 1. The van der Waals surface area contributed by atoms with Crippen LogP contribution in [0.4, 0.5) is 0 Å². The van der Waals surface area contributed by atoms with Crippen molar-refractivity contribution in [1.82, 2.24) is 4.90 Å². The lowest BCUT2D eigenvalue weighted by atomic mass is 10.0. The van der Waals surface area contributed by atoms with E-state index in [1.165, 1.54) is 19.3 Å². The summed E-state index contributed by atoms with van der Waals surface area (Å²) in [6.07, 6.45) is 7.93. The topological polar surface area (TPSA) is 32.7 Å². The van der Waals surface area contributed by atoms with Gasteiger partial charge >= 0.3 is 0 Å². The average Bonchev–Trinajstić information content (AvgIpc) is 2.44. The van der Waals surface area contributed by atoms with Gasteiger partial charge in [0.25, 0.3) is 0 Å². The summed E-state index contributed by atoms with van der Waals surface area (Å²) < 4.78 is 5.31. The van der Waals surface area contributed by atoms with Crippen molar-refractivity contribution < 1.29 is 9.84 Å². The third-order valence-corrected chi connectivity index (χ3v) is 2.98. The molecule has 1 fully saturated rings. The van der Waals surface area contributed by atoms with E-state index in [4.69, 9.17) is 4.74 Å². The van der Waals surface area contributed by atoms with Gasteiger partial charge in [-0.15, -0.1) is 0 Å². The predicted molar refractivity (Wildman–Crippen MR) is 55.2 cm³/mol. The second kappa shape index (κ2) is 4.91. The minimum atomic E-state index is -0.312. The molecule has 14 heavy (non-hydrogen) atoms. The highest BCUT2D eigenvalue weighted by Gasteiger charge is 2.22. The first-order valence-corrected chi connectivity index (χ1v) is 5.53. The van der Waals surface area contributed by atoms with Gasteiger partial charge in [0.15, 0.2) is 0 Å². The molecule has 0 radical (unpaired) electrons. The van der Waals surface area contributed by atoms with Crippen LogP contribution in [0, 0.1) is 0 Å². The van der Waals surface area contributed by atoms with Gasteiger partial charge in [-0.1, -0.05) is 12.2 Å². The van der Waals surface area contributed by atoms with Crippen molar-refractivity contribution in [3.8, 4) is 0 Å². The summed E-state index contributed by atoms with van der Waals surface area (Å²) in [7, 11) is 0. The predicted octanol–water partition coefficient (Wildman–Crippen LogP) is 0.788. The maximum absolute atomic E-state index is 9.60. The lowest BCUT2D eigenvalue weighted by molar-refractivity contribution is 0.0551. The molecule has 0 spiro atoms. The molecule has 2 unspecified atom stereocenters. The van der Waals surface area contributed by atoms with Crippen LogP contribution in [-0.4, -0.2) is 48.5 Å². The van der Waals surface area contributed by atoms with Crippen LogP contribution >= 0.6 is 0 Å². The molecular weight excluding hydrogens is 178 g/mol. The highest BCUT2D eigenvalue weighted by Crippen LogP contribution is 2.17. The van der Waals surface area contributed by atoms with Crippen LogP contribution in [0.5, 0.6) is 0 Å². The van der Waals surface area contributed by atoms with E-state index in [9.17, 15) is 5.11 Å². The Morgan fingerprint density at radius 2 is 2.36 bits per heavy atom.